The molecule has 1 aliphatic heterocycles. The molecule has 1 atom stereocenters. The molecular formula is C11H19N3. The topological polar surface area (TPSA) is 21.1 Å². The van der Waals surface area contributed by atoms with Crippen molar-refractivity contribution in [2.45, 2.75) is 26.8 Å². The summed E-state index contributed by atoms with van der Waals surface area (Å²) in [5.74, 6) is 0.865. The Labute approximate surface area is 85.7 Å². The SMILES string of the molecule is Cc1cc(CN2CCC(C)C2)n(C)n1. The van der Waals surface area contributed by atoms with Gasteiger partial charge in [0.2, 0.25) is 0 Å². The van der Waals surface area contributed by atoms with Crippen molar-refractivity contribution >= 4 is 0 Å². The van der Waals surface area contributed by atoms with Gasteiger partial charge in [0.1, 0.15) is 0 Å². The summed E-state index contributed by atoms with van der Waals surface area (Å²) in [4.78, 5) is 2.51. The van der Waals surface area contributed by atoms with Crippen LogP contribution < -0.4 is 0 Å². The van der Waals surface area contributed by atoms with Crippen molar-refractivity contribution in [3.63, 3.8) is 0 Å². The lowest BCUT2D eigenvalue weighted by Crippen LogP contribution is -2.21. The molecule has 1 aromatic rings. The van der Waals surface area contributed by atoms with Gasteiger partial charge in [0.25, 0.3) is 0 Å². The maximum Gasteiger partial charge on any atom is 0.0597 e. The van der Waals surface area contributed by atoms with Crippen LogP contribution in [0.1, 0.15) is 24.7 Å². The van der Waals surface area contributed by atoms with Gasteiger partial charge in [-0.1, -0.05) is 6.92 Å². The molecule has 2 rings (SSSR count). The first-order valence-electron chi connectivity index (χ1n) is 5.37. The first kappa shape index (κ1) is 9.71. The third-order valence-electron chi connectivity index (χ3n) is 2.99. The van der Waals surface area contributed by atoms with Crippen LogP contribution in [-0.2, 0) is 13.6 Å². The summed E-state index contributed by atoms with van der Waals surface area (Å²) < 4.78 is 2.00. The normalized spacial score (nSPS) is 23.2. The second kappa shape index (κ2) is 3.73. The number of aryl methyl sites for hydroxylation is 2. The molecule has 0 spiro atoms. The molecule has 2 heterocycles. The van der Waals surface area contributed by atoms with Gasteiger partial charge in [-0.3, -0.25) is 9.58 Å². The molecule has 1 unspecified atom stereocenters. The molecule has 1 aliphatic rings. The zero-order valence-electron chi connectivity index (χ0n) is 9.32. The van der Waals surface area contributed by atoms with E-state index in [0.29, 0.717) is 0 Å². The molecule has 0 aromatic carbocycles. The molecule has 0 bridgehead atoms. The standard InChI is InChI=1S/C11H19N3/c1-9-4-5-14(7-9)8-11-6-10(2)12-13(11)3/h6,9H,4-5,7-8H2,1-3H3. The number of nitrogens with zero attached hydrogens (tertiary/aromatic N) is 3. The Morgan fingerprint density at radius 1 is 1.57 bits per heavy atom. The quantitative estimate of drug-likeness (QED) is 0.711. The first-order chi connectivity index (χ1) is 6.65. The Kier molecular flexibility index (Phi) is 2.59. The molecule has 1 fully saturated rings. The van der Waals surface area contributed by atoms with E-state index in [1.165, 1.54) is 25.2 Å². The minimum Gasteiger partial charge on any atom is -0.297 e. The van der Waals surface area contributed by atoms with Gasteiger partial charge >= 0.3 is 0 Å². The van der Waals surface area contributed by atoms with Crippen molar-refractivity contribution in [1.82, 2.24) is 14.7 Å². The van der Waals surface area contributed by atoms with Crippen LogP contribution in [0.25, 0.3) is 0 Å². The summed E-state index contributed by atoms with van der Waals surface area (Å²) in [6, 6.07) is 2.18. The van der Waals surface area contributed by atoms with Gasteiger partial charge in [-0.2, -0.15) is 5.10 Å². The lowest BCUT2D eigenvalue weighted by molar-refractivity contribution is 0.311. The van der Waals surface area contributed by atoms with Crippen molar-refractivity contribution in [3.8, 4) is 0 Å². The third-order valence-corrected chi connectivity index (χ3v) is 2.99. The van der Waals surface area contributed by atoms with E-state index in [-0.39, 0.29) is 0 Å². The van der Waals surface area contributed by atoms with Crippen molar-refractivity contribution in [1.29, 1.82) is 0 Å². The van der Waals surface area contributed by atoms with E-state index >= 15 is 0 Å². The van der Waals surface area contributed by atoms with Crippen LogP contribution in [0.2, 0.25) is 0 Å². The number of rotatable bonds is 2. The summed E-state index contributed by atoms with van der Waals surface area (Å²) in [5.41, 5.74) is 2.45. The Hall–Kier alpha value is -0.830. The van der Waals surface area contributed by atoms with Gasteiger partial charge in [-0.05, 0) is 31.9 Å². The Balaban J connectivity index is 2.00. The fourth-order valence-electron chi connectivity index (χ4n) is 2.21. The third kappa shape index (κ3) is 1.98. The van der Waals surface area contributed by atoms with Gasteiger partial charge in [-0.15, -0.1) is 0 Å². The highest BCUT2D eigenvalue weighted by molar-refractivity contribution is 5.08. The van der Waals surface area contributed by atoms with Gasteiger partial charge in [0.15, 0.2) is 0 Å². The van der Waals surface area contributed by atoms with Crippen LogP contribution in [-0.4, -0.2) is 27.8 Å². The van der Waals surface area contributed by atoms with Crippen molar-refractivity contribution in [2.75, 3.05) is 13.1 Å². The average molecular weight is 193 g/mol. The highest BCUT2D eigenvalue weighted by atomic mass is 15.3. The van der Waals surface area contributed by atoms with Crippen molar-refractivity contribution < 1.29 is 0 Å². The maximum atomic E-state index is 4.36. The highest BCUT2D eigenvalue weighted by Gasteiger charge is 2.19. The van der Waals surface area contributed by atoms with Gasteiger partial charge in [-0.25, -0.2) is 0 Å². The minimum atomic E-state index is 0.865. The molecule has 0 amide bonds. The van der Waals surface area contributed by atoms with E-state index in [4.69, 9.17) is 0 Å². The van der Waals surface area contributed by atoms with E-state index in [0.717, 1.165) is 18.2 Å². The van der Waals surface area contributed by atoms with Gasteiger partial charge in [0.05, 0.1) is 11.4 Å². The highest BCUT2D eigenvalue weighted by Crippen LogP contribution is 2.17. The van der Waals surface area contributed by atoms with E-state index in [1.807, 2.05) is 11.7 Å². The molecule has 1 saturated heterocycles. The summed E-state index contributed by atoms with van der Waals surface area (Å²) >= 11 is 0. The van der Waals surface area contributed by atoms with Crippen LogP contribution in [0.5, 0.6) is 0 Å². The molecule has 0 radical (unpaired) electrons. The van der Waals surface area contributed by atoms with E-state index < -0.39 is 0 Å². The van der Waals surface area contributed by atoms with Crippen LogP contribution in [0.3, 0.4) is 0 Å². The number of likely N-dealkylation sites (tertiary alicyclic amines) is 1. The molecule has 78 valence electrons. The molecular weight excluding hydrogens is 174 g/mol. The van der Waals surface area contributed by atoms with E-state index in [9.17, 15) is 0 Å². The van der Waals surface area contributed by atoms with Crippen molar-refractivity contribution in [2.24, 2.45) is 13.0 Å². The lowest BCUT2D eigenvalue weighted by Gasteiger charge is -2.14. The van der Waals surface area contributed by atoms with Crippen LogP contribution in [0.4, 0.5) is 0 Å². The number of hydrogen-bond acceptors (Lipinski definition) is 2. The van der Waals surface area contributed by atoms with E-state index in [1.54, 1.807) is 0 Å². The first-order valence-corrected chi connectivity index (χ1v) is 5.37. The fraction of sp³-hybridized carbons (Fsp3) is 0.727. The van der Waals surface area contributed by atoms with Gasteiger partial charge < -0.3 is 0 Å². The Bertz CT molecular complexity index is 316. The summed E-state index contributed by atoms with van der Waals surface area (Å²) in [5, 5.41) is 4.36. The summed E-state index contributed by atoms with van der Waals surface area (Å²) in [6.07, 6.45) is 1.34. The van der Waals surface area contributed by atoms with E-state index in [2.05, 4.69) is 29.9 Å². The Morgan fingerprint density at radius 3 is 2.86 bits per heavy atom. The second-order valence-corrected chi connectivity index (χ2v) is 4.53. The molecule has 14 heavy (non-hydrogen) atoms. The smallest absolute Gasteiger partial charge is 0.0597 e. The maximum absolute atomic E-state index is 4.36. The van der Waals surface area contributed by atoms with Crippen LogP contribution >= 0.6 is 0 Å². The van der Waals surface area contributed by atoms with Crippen molar-refractivity contribution in [3.05, 3.63) is 17.5 Å². The second-order valence-electron chi connectivity index (χ2n) is 4.53. The largest absolute Gasteiger partial charge is 0.297 e. The lowest BCUT2D eigenvalue weighted by atomic mass is 10.2. The predicted molar refractivity (Wildman–Crippen MR) is 57.0 cm³/mol. The molecule has 3 heteroatoms. The summed E-state index contributed by atoms with van der Waals surface area (Å²) in [6.45, 7) is 7.92. The zero-order valence-corrected chi connectivity index (χ0v) is 9.32. The molecule has 0 N–H and O–H groups in total. The number of hydrogen-bond donors (Lipinski definition) is 0. The minimum absolute atomic E-state index is 0.865. The molecule has 0 aliphatic carbocycles. The zero-order chi connectivity index (χ0) is 10.1. The molecule has 1 aromatic heterocycles. The predicted octanol–water partition coefficient (Wildman–Crippen LogP) is 1.57. The van der Waals surface area contributed by atoms with Crippen LogP contribution in [0, 0.1) is 12.8 Å². The fourth-order valence-corrected chi connectivity index (χ4v) is 2.21. The van der Waals surface area contributed by atoms with Gasteiger partial charge in [0, 0.05) is 20.1 Å². The molecule has 0 saturated carbocycles. The number of aromatic nitrogens is 2. The van der Waals surface area contributed by atoms with Crippen LogP contribution in [0.15, 0.2) is 6.07 Å². The molecule has 3 nitrogen and oxygen atoms in total. The summed E-state index contributed by atoms with van der Waals surface area (Å²) in [7, 11) is 2.03. The Morgan fingerprint density at radius 2 is 2.36 bits per heavy atom. The monoisotopic (exact) mass is 193 g/mol. The average Bonchev–Trinajstić information content (AvgIpc) is 2.61.